The molecule has 0 bridgehead atoms. The highest BCUT2D eigenvalue weighted by atomic mass is 16.7. The van der Waals surface area contributed by atoms with E-state index in [1.165, 1.54) is 12.1 Å². The molecule has 0 radical (unpaired) electrons. The SMILES string of the molecule is C=CCOC12Oc3ccc(Oc4cccc([N+](=O)[O-])c4)cc3C3C(CCCCO)C(CCCCO)C=C(C(=NOC(C)(C)C)CC1N(C)C(=O)c1ccc4ccccc4c1)C32. The van der Waals surface area contributed by atoms with Gasteiger partial charge in [0.15, 0.2) is 0 Å². The van der Waals surface area contributed by atoms with Gasteiger partial charge < -0.3 is 34.2 Å². The van der Waals surface area contributed by atoms with Gasteiger partial charge in [-0.1, -0.05) is 66.5 Å². The Hall–Kier alpha value is -5.56. The van der Waals surface area contributed by atoms with E-state index in [1.54, 1.807) is 36.2 Å². The van der Waals surface area contributed by atoms with E-state index < -0.39 is 28.3 Å². The summed E-state index contributed by atoms with van der Waals surface area (Å²) in [5.74, 6) is -0.989. The first-order valence-electron chi connectivity index (χ1n) is 21.3. The molecule has 0 spiro atoms. The van der Waals surface area contributed by atoms with Crippen LogP contribution in [0.3, 0.4) is 0 Å². The molecule has 7 rings (SSSR count). The van der Waals surface area contributed by atoms with Gasteiger partial charge in [-0.2, -0.15) is 0 Å². The molecule has 1 fully saturated rings. The number of aliphatic hydroxyl groups is 2. The average molecular weight is 832 g/mol. The normalized spacial score (nSPS) is 23.6. The van der Waals surface area contributed by atoms with E-state index >= 15 is 0 Å². The lowest BCUT2D eigenvalue weighted by molar-refractivity contribution is -0.384. The molecular formula is C49H57N3O9. The summed E-state index contributed by atoms with van der Waals surface area (Å²) in [5.41, 5.74) is 2.32. The third-order valence-corrected chi connectivity index (χ3v) is 12.1. The van der Waals surface area contributed by atoms with Gasteiger partial charge in [-0.3, -0.25) is 14.9 Å². The molecule has 12 nitrogen and oxygen atoms in total. The van der Waals surface area contributed by atoms with Crippen LogP contribution in [-0.4, -0.2) is 76.0 Å². The zero-order chi connectivity index (χ0) is 43.3. The number of benzene rings is 4. The fourth-order valence-corrected chi connectivity index (χ4v) is 9.45. The Kier molecular flexibility index (Phi) is 13.3. The summed E-state index contributed by atoms with van der Waals surface area (Å²) < 4.78 is 20.7. The molecule has 1 aliphatic heterocycles. The number of nitrogens with zero attached hydrogens (tertiary/aromatic N) is 3. The van der Waals surface area contributed by atoms with E-state index in [0.717, 1.165) is 47.6 Å². The van der Waals surface area contributed by atoms with E-state index in [-0.39, 0.29) is 55.6 Å². The first-order chi connectivity index (χ1) is 29.4. The molecule has 1 heterocycles. The van der Waals surface area contributed by atoms with Crippen LogP contribution in [0.25, 0.3) is 10.8 Å². The molecule has 0 saturated heterocycles. The molecule has 61 heavy (non-hydrogen) atoms. The fraction of sp³-hybridized carbons (Fsp3) is 0.429. The van der Waals surface area contributed by atoms with Gasteiger partial charge in [-0.15, -0.1) is 6.58 Å². The summed E-state index contributed by atoms with van der Waals surface area (Å²) in [6.07, 6.45) is 8.67. The predicted octanol–water partition coefficient (Wildman–Crippen LogP) is 9.74. The lowest BCUT2D eigenvalue weighted by Crippen LogP contribution is -2.69. The lowest BCUT2D eigenvalue weighted by atomic mass is 9.55. The zero-order valence-corrected chi connectivity index (χ0v) is 35.5. The molecule has 3 aliphatic rings. The highest BCUT2D eigenvalue weighted by Gasteiger charge is 2.65. The number of amides is 1. The van der Waals surface area contributed by atoms with E-state index in [1.807, 2.05) is 75.4 Å². The van der Waals surface area contributed by atoms with E-state index in [0.29, 0.717) is 41.4 Å². The number of likely N-dealkylation sites (N-methyl/N-ethyl adjacent to an activating group) is 1. The summed E-state index contributed by atoms with van der Waals surface area (Å²) in [6.45, 7) is 10.1. The van der Waals surface area contributed by atoms with Gasteiger partial charge in [0.1, 0.15) is 28.9 Å². The number of carbonyl (C=O) groups excluding carboxylic acids is 1. The van der Waals surface area contributed by atoms with Crippen molar-refractivity contribution in [3.05, 3.63) is 130 Å². The maximum absolute atomic E-state index is 14.8. The van der Waals surface area contributed by atoms with Crippen LogP contribution in [0, 0.1) is 27.9 Å². The molecule has 4 aromatic rings. The molecule has 1 amide bonds. The Labute approximate surface area is 357 Å². The maximum atomic E-state index is 14.8. The molecular weight excluding hydrogens is 775 g/mol. The standard InChI is InChI=1S/C49H57N3O9/c1-6-26-58-49-44(51(5)47(55)35-21-20-32-14-7-8-15-33(32)27-35)31-42(50-61-48(2,3)4)40-28-34(16-9-11-24-53)39(19-10-12-25-54)45(46(40)49)41-30-38(22-23-43(41)60-49)59-37-18-13-17-36(29-37)52(56)57/h6-8,13-15,17-18,20-23,27-30,34,39,44-46,53-54H,1,9-12,16,19,24-26,31H2,2-5H3. The van der Waals surface area contributed by atoms with Crippen LogP contribution in [0.4, 0.5) is 5.69 Å². The van der Waals surface area contributed by atoms with E-state index in [2.05, 4.69) is 12.7 Å². The number of oxime groups is 1. The van der Waals surface area contributed by atoms with Gasteiger partial charge >= 0.3 is 0 Å². The second kappa shape index (κ2) is 18.6. The van der Waals surface area contributed by atoms with Crippen molar-refractivity contribution in [2.24, 2.45) is 22.9 Å². The molecule has 1 saturated carbocycles. The van der Waals surface area contributed by atoms with Crippen molar-refractivity contribution >= 4 is 28.1 Å². The lowest BCUT2D eigenvalue weighted by Gasteiger charge is -2.59. The largest absolute Gasteiger partial charge is 0.459 e. The summed E-state index contributed by atoms with van der Waals surface area (Å²) in [4.78, 5) is 33.9. The summed E-state index contributed by atoms with van der Waals surface area (Å²) >= 11 is 0. The minimum absolute atomic E-state index is 0.00596. The molecule has 6 unspecified atom stereocenters. The monoisotopic (exact) mass is 831 g/mol. The predicted molar refractivity (Wildman–Crippen MR) is 235 cm³/mol. The van der Waals surface area contributed by atoms with Crippen LogP contribution in [0.1, 0.15) is 87.6 Å². The molecule has 0 aromatic heterocycles. The molecule has 2 N–H and O–H groups in total. The summed E-state index contributed by atoms with van der Waals surface area (Å²) in [7, 11) is 1.79. The van der Waals surface area contributed by atoms with Gasteiger partial charge in [-0.25, -0.2) is 0 Å². The number of non-ortho nitro benzene ring substituents is 1. The minimum Gasteiger partial charge on any atom is -0.459 e. The van der Waals surface area contributed by atoms with Crippen LogP contribution < -0.4 is 9.47 Å². The Morgan fingerprint density at radius 1 is 0.967 bits per heavy atom. The Morgan fingerprint density at radius 2 is 1.70 bits per heavy atom. The second-order valence-electron chi connectivity index (χ2n) is 17.3. The average Bonchev–Trinajstić information content (AvgIpc) is 3.25. The number of hydrogen-bond acceptors (Lipinski definition) is 10. The van der Waals surface area contributed by atoms with Crippen molar-refractivity contribution in [1.82, 2.24) is 4.90 Å². The van der Waals surface area contributed by atoms with Gasteiger partial charge in [0, 0.05) is 49.8 Å². The van der Waals surface area contributed by atoms with E-state index in [9.17, 15) is 25.1 Å². The van der Waals surface area contributed by atoms with E-state index in [4.69, 9.17) is 24.2 Å². The summed E-state index contributed by atoms with van der Waals surface area (Å²) in [6, 6.07) is 24.6. The van der Waals surface area contributed by atoms with Crippen LogP contribution in [0.5, 0.6) is 17.2 Å². The number of carbonyl (C=O) groups is 1. The Bertz CT molecular complexity index is 2300. The minimum atomic E-state index is -1.42. The molecule has 322 valence electrons. The first kappa shape index (κ1) is 43.5. The third-order valence-electron chi connectivity index (χ3n) is 12.1. The van der Waals surface area contributed by atoms with Gasteiger partial charge in [0.05, 0.1) is 29.2 Å². The van der Waals surface area contributed by atoms with Gasteiger partial charge in [-0.05, 0) is 111 Å². The van der Waals surface area contributed by atoms with Crippen LogP contribution >= 0.6 is 0 Å². The van der Waals surface area contributed by atoms with Crippen LogP contribution in [0.15, 0.2) is 114 Å². The maximum Gasteiger partial charge on any atom is 0.273 e. The van der Waals surface area contributed by atoms with Gasteiger partial charge in [0.25, 0.3) is 11.6 Å². The topological polar surface area (TPSA) is 153 Å². The molecule has 2 aliphatic carbocycles. The highest BCUT2D eigenvalue weighted by molar-refractivity contribution is 6.04. The number of nitro benzene ring substituents is 1. The first-order valence-corrected chi connectivity index (χ1v) is 21.3. The number of allylic oxidation sites excluding steroid dienone is 1. The number of aliphatic hydroxyl groups excluding tert-OH is 2. The van der Waals surface area contributed by atoms with Crippen LogP contribution in [-0.2, 0) is 9.57 Å². The third kappa shape index (κ3) is 9.22. The van der Waals surface area contributed by atoms with Crippen molar-refractivity contribution in [2.45, 2.75) is 89.1 Å². The Balaban J connectivity index is 1.43. The number of rotatable bonds is 17. The smallest absolute Gasteiger partial charge is 0.273 e. The molecule has 12 heteroatoms. The summed E-state index contributed by atoms with van der Waals surface area (Å²) in [5, 5.41) is 38.3. The van der Waals surface area contributed by atoms with Crippen molar-refractivity contribution in [3.63, 3.8) is 0 Å². The second-order valence-corrected chi connectivity index (χ2v) is 17.3. The zero-order valence-electron chi connectivity index (χ0n) is 35.5. The highest BCUT2D eigenvalue weighted by Crippen LogP contribution is 2.62. The van der Waals surface area contributed by atoms with Crippen molar-refractivity contribution in [1.29, 1.82) is 0 Å². The van der Waals surface area contributed by atoms with Crippen LogP contribution in [0.2, 0.25) is 0 Å². The van der Waals surface area contributed by atoms with Crippen molar-refractivity contribution in [2.75, 3.05) is 26.9 Å². The number of unbranched alkanes of at least 4 members (excludes halogenated alkanes) is 2. The molecule has 4 aromatic carbocycles. The fourth-order valence-electron chi connectivity index (χ4n) is 9.45. The Morgan fingerprint density at radius 3 is 2.43 bits per heavy atom. The van der Waals surface area contributed by atoms with Crippen molar-refractivity contribution in [3.8, 4) is 17.2 Å². The number of ether oxygens (including phenoxy) is 3. The number of fused-ring (bicyclic) bond motifs is 3. The number of nitro groups is 1. The van der Waals surface area contributed by atoms with Gasteiger partial charge in [0.2, 0.25) is 5.79 Å². The molecule has 6 atom stereocenters. The number of hydrogen-bond donors (Lipinski definition) is 2. The van der Waals surface area contributed by atoms with Crippen molar-refractivity contribution < 1.29 is 39.0 Å². The quantitative estimate of drug-likeness (QED) is 0.0458.